The zero-order valence-electron chi connectivity index (χ0n) is 10.2. The zero-order valence-corrected chi connectivity index (χ0v) is 11.1. The van der Waals surface area contributed by atoms with Gasteiger partial charge in [-0.2, -0.15) is 13.2 Å². The van der Waals surface area contributed by atoms with Gasteiger partial charge in [0.05, 0.1) is 12.1 Å². The molecular weight excluding hydrogens is 288 g/mol. The first-order chi connectivity index (χ1) is 8.66. The van der Waals surface area contributed by atoms with Gasteiger partial charge in [-0.15, -0.1) is 0 Å². The SMILES string of the molecule is CN=C1NC2C(F)CC(C(C)(O)C(F)(F)F)OC2S1. The van der Waals surface area contributed by atoms with Gasteiger partial charge < -0.3 is 15.2 Å². The first kappa shape index (κ1) is 14.9. The molecule has 0 aliphatic carbocycles. The van der Waals surface area contributed by atoms with Crippen molar-refractivity contribution in [1.82, 2.24) is 5.32 Å². The van der Waals surface area contributed by atoms with E-state index in [1.807, 2.05) is 0 Å². The van der Waals surface area contributed by atoms with E-state index >= 15 is 0 Å². The van der Waals surface area contributed by atoms with Gasteiger partial charge in [0.2, 0.25) is 0 Å². The largest absolute Gasteiger partial charge is 0.419 e. The summed E-state index contributed by atoms with van der Waals surface area (Å²) >= 11 is 1.03. The highest BCUT2D eigenvalue weighted by Crippen LogP contribution is 2.42. The van der Waals surface area contributed by atoms with Crippen LogP contribution in [0.1, 0.15) is 13.3 Å². The van der Waals surface area contributed by atoms with Crippen LogP contribution < -0.4 is 5.32 Å². The second kappa shape index (κ2) is 4.78. The molecule has 2 rings (SSSR count). The number of thioether (sulfide) groups is 1. The van der Waals surface area contributed by atoms with Crippen molar-refractivity contribution in [3.05, 3.63) is 0 Å². The lowest BCUT2D eigenvalue weighted by atomic mass is 9.90. The van der Waals surface area contributed by atoms with Crippen LogP contribution in [0.3, 0.4) is 0 Å². The molecule has 0 radical (unpaired) electrons. The van der Waals surface area contributed by atoms with E-state index in [1.54, 1.807) is 0 Å². The molecule has 19 heavy (non-hydrogen) atoms. The fourth-order valence-electron chi connectivity index (χ4n) is 2.03. The van der Waals surface area contributed by atoms with Crippen molar-refractivity contribution in [2.75, 3.05) is 7.05 Å². The number of aliphatic hydroxyl groups is 1. The third-order valence-electron chi connectivity index (χ3n) is 3.34. The van der Waals surface area contributed by atoms with Gasteiger partial charge in [-0.25, -0.2) is 4.39 Å². The highest BCUT2D eigenvalue weighted by Gasteiger charge is 2.59. The molecule has 2 aliphatic rings. The van der Waals surface area contributed by atoms with Gasteiger partial charge >= 0.3 is 6.18 Å². The van der Waals surface area contributed by atoms with E-state index < -0.39 is 42.0 Å². The Hall–Kier alpha value is -0.540. The Morgan fingerprint density at radius 1 is 1.47 bits per heavy atom. The lowest BCUT2D eigenvalue weighted by Crippen LogP contribution is -2.60. The van der Waals surface area contributed by atoms with Gasteiger partial charge in [-0.05, 0) is 6.92 Å². The van der Waals surface area contributed by atoms with Gasteiger partial charge in [-0.3, -0.25) is 4.99 Å². The Labute approximate surface area is 111 Å². The smallest absolute Gasteiger partial charge is 0.379 e. The van der Waals surface area contributed by atoms with Crippen molar-refractivity contribution in [2.24, 2.45) is 4.99 Å². The fourth-order valence-corrected chi connectivity index (χ4v) is 3.14. The summed E-state index contributed by atoms with van der Waals surface area (Å²) in [7, 11) is 1.49. The molecule has 110 valence electrons. The average molecular weight is 302 g/mol. The number of amidine groups is 1. The molecule has 0 amide bonds. The molecule has 0 aromatic carbocycles. The standard InChI is InChI=1S/C10H14F4N2O2S/c1-9(17,10(12,13)14)5-3-4(11)6-7(18-5)19-8(15-2)16-6/h4-7,17H,3H2,1-2H3,(H,15,16). The summed E-state index contributed by atoms with van der Waals surface area (Å²) < 4.78 is 57.3. The predicted octanol–water partition coefficient (Wildman–Crippen LogP) is 1.44. The first-order valence-electron chi connectivity index (χ1n) is 5.65. The average Bonchev–Trinajstić information content (AvgIpc) is 2.71. The van der Waals surface area contributed by atoms with Gasteiger partial charge in [-0.1, -0.05) is 11.8 Å². The Morgan fingerprint density at radius 3 is 2.63 bits per heavy atom. The van der Waals surface area contributed by atoms with Crippen LogP contribution in [0, 0.1) is 0 Å². The van der Waals surface area contributed by atoms with Gasteiger partial charge in [0.25, 0.3) is 0 Å². The van der Waals surface area contributed by atoms with E-state index in [9.17, 15) is 22.7 Å². The highest BCUT2D eigenvalue weighted by atomic mass is 32.2. The number of fused-ring (bicyclic) bond motifs is 1. The van der Waals surface area contributed by atoms with Crippen molar-refractivity contribution >= 4 is 16.9 Å². The number of nitrogens with one attached hydrogen (secondary N) is 1. The Bertz CT molecular complexity index is 388. The van der Waals surface area contributed by atoms with Crippen molar-refractivity contribution in [1.29, 1.82) is 0 Å². The van der Waals surface area contributed by atoms with Crippen LogP contribution in [0.15, 0.2) is 4.99 Å². The van der Waals surface area contributed by atoms with Crippen molar-refractivity contribution in [3.8, 4) is 0 Å². The number of nitrogens with zero attached hydrogens (tertiary/aromatic N) is 1. The van der Waals surface area contributed by atoms with E-state index in [4.69, 9.17) is 4.74 Å². The van der Waals surface area contributed by atoms with E-state index in [0.29, 0.717) is 12.1 Å². The molecule has 0 aromatic heterocycles. The topological polar surface area (TPSA) is 53.9 Å². The third-order valence-corrected chi connectivity index (χ3v) is 4.50. The molecule has 2 saturated heterocycles. The molecule has 2 fully saturated rings. The monoisotopic (exact) mass is 302 g/mol. The quantitative estimate of drug-likeness (QED) is 0.720. The number of aliphatic imine (C=N–C) groups is 1. The maximum absolute atomic E-state index is 13.9. The van der Waals surface area contributed by atoms with Crippen LogP contribution in [0.25, 0.3) is 0 Å². The fraction of sp³-hybridized carbons (Fsp3) is 0.900. The molecular formula is C10H14F4N2O2S. The van der Waals surface area contributed by atoms with Crippen LogP contribution in [0.5, 0.6) is 0 Å². The van der Waals surface area contributed by atoms with E-state index in [1.165, 1.54) is 7.05 Å². The van der Waals surface area contributed by atoms with Gasteiger partial charge in [0.15, 0.2) is 10.8 Å². The van der Waals surface area contributed by atoms with Crippen molar-refractivity contribution in [2.45, 2.75) is 48.9 Å². The molecule has 4 nitrogen and oxygen atoms in total. The van der Waals surface area contributed by atoms with Crippen LogP contribution in [0.2, 0.25) is 0 Å². The number of ether oxygens (including phenoxy) is 1. The van der Waals surface area contributed by atoms with E-state index in [0.717, 1.165) is 11.8 Å². The highest BCUT2D eigenvalue weighted by molar-refractivity contribution is 8.14. The summed E-state index contributed by atoms with van der Waals surface area (Å²) in [6.45, 7) is 0.604. The molecule has 2 N–H and O–H groups in total. The molecule has 2 heterocycles. The maximum Gasteiger partial charge on any atom is 0.419 e. The first-order valence-corrected chi connectivity index (χ1v) is 6.53. The number of alkyl halides is 4. The minimum Gasteiger partial charge on any atom is -0.379 e. The molecule has 5 unspecified atom stereocenters. The van der Waals surface area contributed by atoms with Crippen molar-refractivity contribution < 1.29 is 27.4 Å². The minimum atomic E-state index is -4.87. The van der Waals surface area contributed by atoms with E-state index in [2.05, 4.69) is 10.3 Å². The maximum atomic E-state index is 13.9. The van der Waals surface area contributed by atoms with Crippen LogP contribution in [0.4, 0.5) is 17.6 Å². The van der Waals surface area contributed by atoms with Crippen molar-refractivity contribution in [3.63, 3.8) is 0 Å². The van der Waals surface area contributed by atoms with E-state index in [-0.39, 0.29) is 0 Å². The zero-order chi connectivity index (χ0) is 14.4. The molecule has 5 atom stereocenters. The van der Waals surface area contributed by atoms with Crippen LogP contribution in [-0.4, -0.2) is 52.9 Å². The predicted molar refractivity (Wildman–Crippen MR) is 62.7 cm³/mol. The Kier molecular flexibility index (Phi) is 3.74. The molecule has 9 heteroatoms. The molecule has 0 saturated carbocycles. The Morgan fingerprint density at radius 2 is 2.11 bits per heavy atom. The second-order valence-electron chi connectivity index (χ2n) is 4.71. The lowest BCUT2D eigenvalue weighted by molar-refractivity contribution is -0.298. The summed E-state index contributed by atoms with van der Waals surface area (Å²) in [5.41, 5.74) is -3.89. The summed E-state index contributed by atoms with van der Waals surface area (Å²) in [5, 5.41) is 12.7. The minimum absolute atomic E-state index is 0.421. The molecule has 0 spiro atoms. The van der Waals surface area contributed by atoms with Crippen LogP contribution in [-0.2, 0) is 4.74 Å². The number of halogens is 4. The van der Waals surface area contributed by atoms with Gasteiger partial charge in [0.1, 0.15) is 11.6 Å². The molecule has 0 bridgehead atoms. The number of hydrogen-bond acceptors (Lipinski definition) is 4. The summed E-state index contributed by atoms with van der Waals surface area (Å²) in [4.78, 5) is 3.82. The molecule has 2 aliphatic heterocycles. The summed E-state index contributed by atoms with van der Waals surface area (Å²) in [6, 6.07) is -0.732. The molecule has 0 aromatic rings. The lowest BCUT2D eigenvalue weighted by Gasteiger charge is -2.41. The number of hydrogen-bond donors (Lipinski definition) is 2. The normalized spacial score (nSPS) is 40.7. The van der Waals surface area contributed by atoms with Crippen LogP contribution >= 0.6 is 11.8 Å². The number of rotatable bonds is 1. The second-order valence-corrected chi connectivity index (χ2v) is 5.79. The van der Waals surface area contributed by atoms with Gasteiger partial charge in [0, 0.05) is 13.5 Å². The third kappa shape index (κ3) is 2.55. The Balaban J connectivity index is 2.16. The summed E-state index contributed by atoms with van der Waals surface area (Å²) in [6.07, 6.45) is -8.56. The summed E-state index contributed by atoms with van der Waals surface area (Å²) in [5.74, 6) is 0.